The largest absolute Gasteiger partial charge is 0.489 e. The summed E-state index contributed by atoms with van der Waals surface area (Å²) in [6, 6.07) is 22.5. The first-order chi connectivity index (χ1) is 17.2. The van der Waals surface area contributed by atoms with Crippen molar-refractivity contribution in [2.24, 2.45) is 5.73 Å². The number of hydrogen-bond acceptors (Lipinski definition) is 5. The second-order valence-electron chi connectivity index (χ2n) is 8.44. The van der Waals surface area contributed by atoms with Gasteiger partial charge in [0.1, 0.15) is 18.1 Å². The molecule has 7 nitrogen and oxygen atoms in total. The van der Waals surface area contributed by atoms with E-state index in [1.54, 1.807) is 25.1 Å². The van der Waals surface area contributed by atoms with Gasteiger partial charge in [0.2, 0.25) is 5.71 Å². The Hall–Kier alpha value is -4.39. The number of hydrogen-bond donors (Lipinski definition) is 3. The van der Waals surface area contributed by atoms with Gasteiger partial charge in [-0.25, -0.2) is 0 Å². The van der Waals surface area contributed by atoms with Gasteiger partial charge in [0.15, 0.2) is 12.4 Å². The molecule has 0 heterocycles. The van der Waals surface area contributed by atoms with Crippen molar-refractivity contribution in [1.82, 2.24) is 0 Å². The molecule has 5 N–H and O–H groups in total. The van der Waals surface area contributed by atoms with Gasteiger partial charge >= 0.3 is 5.97 Å². The number of carbonyl (C=O) groups is 2. The Morgan fingerprint density at radius 1 is 0.917 bits per heavy atom. The van der Waals surface area contributed by atoms with Gasteiger partial charge in [-0.3, -0.25) is 15.0 Å². The first-order valence-corrected chi connectivity index (χ1v) is 11.6. The summed E-state index contributed by atoms with van der Waals surface area (Å²) in [5.74, 6) is 0.142. The van der Waals surface area contributed by atoms with Crippen LogP contribution in [0, 0.1) is 0 Å². The third-order valence-electron chi connectivity index (χ3n) is 5.57. The molecule has 0 fully saturated rings. The van der Waals surface area contributed by atoms with Crippen molar-refractivity contribution < 1.29 is 29.6 Å². The van der Waals surface area contributed by atoms with Crippen LogP contribution in [0.5, 0.6) is 11.5 Å². The molecular weight excluding hydrogens is 456 g/mol. The van der Waals surface area contributed by atoms with Gasteiger partial charge in [-0.2, -0.15) is 0 Å². The Balaban J connectivity index is 1.67. The van der Waals surface area contributed by atoms with Crippen LogP contribution in [0.4, 0.5) is 0 Å². The van der Waals surface area contributed by atoms with Crippen LogP contribution in [0.1, 0.15) is 42.5 Å². The van der Waals surface area contributed by atoms with E-state index in [0.717, 1.165) is 16.7 Å². The number of ether oxygens (including phenoxy) is 2. The molecule has 0 aromatic heterocycles. The number of carbonyl (C=O) groups excluding carboxylic acids is 1. The molecule has 7 heteroatoms. The summed E-state index contributed by atoms with van der Waals surface area (Å²) in [5.41, 5.74) is 10.6. The standard InChI is InChI=1S/C29H30N2O5/c1-19(30)29(20(2)32)26-16-25(14-10-22(26)11-15-28(33)34)35-17-21-8-12-24(13-9-21)36-18-27(31)23-6-4-3-5-7-23/h3-10,12-14,16,31H,11,15,17-18,30H2,1-2H3,(H,33,34)/p+1. The van der Waals surface area contributed by atoms with Gasteiger partial charge in [-0.05, 0) is 73.4 Å². The normalized spacial score (nSPS) is 11.4. The quantitative estimate of drug-likeness (QED) is 0.266. The van der Waals surface area contributed by atoms with Crippen LogP contribution in [0.25, 0.3) is 5.57 Å². The van der Waals surface area contributed by atoms with Crippen LogP contribution in [0.2, 0.25) is 0 Å². The second-order valence-corrected chi connectivity index (χ2v) is 8.44. The number of benzene rings is 3. The fourth-order valence-corrected chi connectivity index (χ4v) is 3.76. The predicted octanol–water partition coefficient (Wildman–Crippen LogP) is 3.19. The summed E-state index contributed by atoms with van der Waals surface area (Å²) in [4.78, 5) is 23.3. The minimum absolute atomic E-state index is 0.0504. The SMILES string of the molecule is CC(=O)C(=C(C)N)c1cc(OCc2ccc(OCC(=[NH2+])c3ccccc3)cc2)ccc1CCC(=O)O. The first-order valence-electron chi connectivity index (χ1n) is 11.6. The Bertz CT molecular complexity index is 1260. The van der Waals surface area contributed by atoms with Gasteiger partial charge in [0.25, 0.3) is 0 Å². The van der Waals surface area contributed by atoms with Crippen molar-refractivity contribution >= 4 is 23.0 Å². The molecule has 0 amide bonds. The van der Waals surface area contributed by atoms with Crippen molar-refractivity contribution in [2.75, 3.05) is 6.61 Å². The maximum atomic E-state index is 12.3. The van der Waals surface area contributed by atoms with E-state index in [4.69, 9.17) is 25.7 Å². The average molecular weight is 488 g/mol. The summed E-state index contributed by atoms with van der Waals surface area (Å²) in [5, 5.41) is 15.2. The molecule has 0 bridgehead atoms. The Kier molecular flexibility index (Phi) is 9.00. The highest BCUT2D eigenvalue weighted by Crippen LogP contribution is 2.28. The Labute approximate surface area is 210 Å². The molecule has 0 atom stereocenters. The summed E-state index contributed by atoms with van der Waals surface area (Å²) >= 11 is 0. The Morgan fingerprint density at radius 3 is 2.19 bits per heavy atom. The van der Waals surface area contributed by atoms with Crippen molar-refractivity contribution in [1.29, 1.82) is 0 Å². The molecule has 0 saturated carbocycles. The smallest absolute Gasteiger partial charge is 0.303 e. The lowest BCUT2D eigenvalue weighted by molar-refractivity contribution is -0.137. The van der Waals surface area contributed by atoms with Gasteiger partial charge in [-0.1, -0.05) is 36.4 Å². The van der Waals surface area contributed by atoms with Crippen molar-refractivity contribution in [2.45, 2.75) is 33.3 Å². The molecule has 0 radical (unpaired) electrons. The second kappa shape index (κ2) is 12.4. The Morgan fingerprint density at radius 2 is 1.58 bits per heavy atom. The number of aryl methyl sites for hydroxylation is 1. The highest BCUT2D eigenvalue weighted by Gasteiger charge is 2.16. The average Bonchev–Trinajstić information content (AvgIpc) is 2.86. The van der Waals surface area contributed by atoms with Crippen LogP contribution in [0.15, 0.2) is 78.5 Å². The lowest BCUT2D eigenvalue weighted by Gasteiger charge is -2.15. The molecule has 186 valence electrons. The van der Waals surface area contributed by atoms with Gasteiger partial charge < -0.3 is 20.3 Å². The van der Waals surface area contributed by atoms with E-state index in [1.165, 1.54) is 6.92 Å². The molecule has 0 saturated heterocycles. The number of carboxylic acids is 1. The molecule has 3 aromatic rings. The van der Waals surface area contributed by atoms with Crippen LogP contribution in [-0.4, -0.2) is 29.2 Å². The van der Waals surface area contributed by atoms with Gasteiger partial charge in [0.05, 0.1) is 0 Å². The minimum atomic E-state index is -0.910. The fraction of sp³-hybridized carbons (Fsp3) is 0.207. The highest BCUT2D eigenvalue weighted by atomic mass is 16.5. The van der Waals surface area contributed by atoms with E-state index in [2.05, 4.69) is 0 Å². The van der Waals surface area contributed by atoms with Crippen LogP contribution in [-0.2, 0) is 22.6 Å². The topological polar surface area (TPSA) is 124 Å². The number of Topliss-reactive ketones (excluding diaryl/α,β-unsaturated/α-hetero) is 1. The molecule has 0 unspecified atom stereocenters. The lowest BCUT2D eigenvalue weighted by Crippen LogP contribution is -2.43. The molecule has 0 spiro atoms. The first kappa shape index (κ1) is 26.2. The number of ketones is 1. The fourth-order valence-electron chi connectivity index (χ4n) is 3.76. The van der Waals surface area contributed by atoms with Crippen LogP contribution in [0.3, 0.4) is 0 Å². The monoisotopic (exact) mass is 487 g/mol. The third kappa shape index (κ3) is 7.30. The molecule has 3 aromatic carbocycles. The molecule has 36 heavy (non-hydrogen) atoms. The number of carboxylic acid groups (broad SMARTS) is 1. The molecule has 0 aliphatic heterocycles. The summed E-state index contributed by atoms with van der Waals surface area (Å²) in [6.45, 7) is 3.67. The molecule has 3 rings (SSSR count). The molecule has 0 aliphatic rings. The molecule has 0 aliphatic carbocycles. The third-order valence-corrected chi connectivity index (χ3v) is 5.57. The van der Waals surface area contributed by atoms with E-state index < -0.39 is 5.97 Å². The van der Waals surface area contributed by atoms with Crippen LogP contribution >= 0.6 is 0 Å². The van der Waals surface area contributed by atoms with Crippen LogP contribution < -0.4 is 20.6 Å². The van der Waals surface area contributed by atoms with E-state index >= 15 is 0 Å². The van der Waals surface area contributed by atoms with E-state index in [9.17, 15) is 9.59 Å². The number of rotatable bonds is 12. The van der Waals surface area contributed by atoms with E-state index in [0.29, 0.717) is 40.7 Å². The van der Waals surface area contributed by atoms with E-state index in [-0.39, 0.29) is 25.2 Å². The lowest BCUT2D eigenvalue weighted by atomic mass is 9.93. The summed E-state index contributed by atoms with van der Waals surface area (Å²) in [7, 11) is 0. The maximum Gasteiger partial charge on any atom is 0.303 e. The van der Waals surface area contributed by atoms with E-state index in [1.807, 2.05) is 54.6 Å². The highest BCUT2D eigenvalue weighted by molar-refractivity contribution is 6.20. The minimum Gasteiger partial charge on any atom is -0.489 e. The number of aliphatic carboxylic acids is 1. The summed E-state index contributed by atoms with van der Waals surface area (Å²) in [6.07, 6.45) is 0.230. The number of allylic oxidation sites excluding steroid dienone is 2. The zero-order chi connectivity index (χ0) is 26.1. The maximum absolute atomic E-state index is 12.3. The van der Waals surface area contributed by atoms with Gasteiger partial charge in [0, 0.05) is 23.3 Å². The predicted molar refractivity (Wildman–Crippen MR) is 139 cm³/mol. The van der Waals surface area contributed by atoms with Crippen molar-refractivity contribution in [3.05, 3.63) is 101 Å². The van der Waals surface area contributed by atoms with Gasteiger partial charge in [-0.15, -0.1) is 0 Å². The molecular formula is C29H31N2O5+. The zero-order valence-corrected chi connectivity index (χ0v) is 20.5. The number of nitrogens with two attached hydrogens (primary N) is 2. The van der Waals surface area contributed by atoms with Crippen molar-refractivity contribution in [3.63, 3.8) is 0 Å². The van der Waals surface area contributed by atoms with Crippen molar-refractivity contribution in [3.8, 4) is 11.5 Å². The summed E-state index contributed by atoms with van der Waals surface area (Å²) < 4.78 is 11.7. The zero-order valence-electron chi connectivity index (χ0n) is 20.5.